The van der Waals surface area contributed by atoms with Crippen molar-refractivity contribution in [3.05, 3.63) is 106 Å². The van der Waals surface area contributed by atoms with E-state index < -0.39 is 23.8 Å². The molecule has 1 amide bonds. The third-order valence-electron chi connectivity index (χ3n) is 7.24. The molecule has 2 atom stereocenters. The molecule has 3 N–H and O–H groups in total. The maximum Gasteiger partial charge on any atom is 0.251 e. The highest BCUT2D eigenvalue weighted by Gasteiger charge is 2.23. The molecule has 0 aliphatic heterocycles. The van der Waals surface area contributed by atoms with Crippen LogP contribution in [0.15, 0.2) is 60.7 Å². The van der Waals surface area contributed by atoms with Crippen LogP contribution in [0.4, 0.5) is 8.78 Å². The quantitative estimate of drug-likeness (QED) is 0.151. The van der Waals surface area contributed by atoms with E-state index in [4.69, 9.17) is 0 Å². The van der Waals surface area contributed by atoms with Crippen LogP contribution in [0.1, 0.15) is 71.3 Å². The van der Waals surface area contributed by atoms with Crippen LogP contribution in [0.5, 0.6) is 0 Å². The first kappa shape index (κ1) is 38.5. The van der Waals surface area contributed by atoms with E-state index in [1.165, 1.54) is 30.5 Å². The van der Waals surface area contributed by atoms with Crippen molar-refractivity contribution < 1.29 is 18.7 Å². The fourth-order valence-corrected chi connectivity index (χ4v) is 5.09. The molecule has 0 unspecified atom stereocenters. The molecule has 0 aliphatic rings. The van der Waals surface area contributed by atoms with Crippen LogP contribution in [-0.4, -0.2) is 48.2 Å². The second-order valence-electron chi connectivity index (χ2n) is 11.1. The summed E-state index contributed by atoms with van der Waals surface area (Å²) in [7, 11) is 2.08. The van der Waals surface area contributed by atoms with Crippen LogP contribution < -0.4 is 10.6 Å². The minimum atomic E-state index is -0.992. The summed E-state index contributed by atoms with van der Waals surface area (Å²) in [5.74, 6) is -1.72. The third-order valence-corrected chi connectivity index (χ3v) is 7.24. The first-order chi connectivity index (χ1) is 19.7. The molecule has 0 saturated carbocycles. The van der Waals surface area contributed by atoms with Crippen LogP contribution in [0, 0.1) is 18.6 Å². The zero-order chi connectivity index (χ0) is 29.8. The lowest BCUT2D eigenvalue weighted by atomic mass is 9.99. The predicted molar refractivity (Wildman–Crippen MR) is 176 cm³/mol. The Morgan fingerprint density at radius 2 is 1.60 bits per heavy atom. The van der Waals surface area contributed by atoms with E-state index in [1.807, 2.05) is 31.2 Å². The number of hydrogen-bond acceptors (Lipinski definition) is 4. The van der Waals surface area contributed by atoms with Crippen molar-refractivity contribution in [1.82, 2.24) is 15.5 Å². The molecule has 0 saturated heterocycles. The maximum absolute atomic E-state index is 13.9. The number of amides is 1. The van der Waals surface area contributed by atoms with Crippen molar-refractivity contribution in [2.75, 3.05) is 20.1 Å². The Morgan fingerprint density at radius 1 is 0.907 bits per heavy atom. The topological polar surface area (TPSA) is 64.6 Å². The summed E-state index contributed by atoms with van der Waals surface area (Å²) in [5, 5.41) is 17.4. The number of hydrogen-bond donors (Lipinski definition) is 3. The molecule has 0 fully saturated rings. The molecule has 9 heteroatoms. The molecule has 238 valence electrons. The Hall–Kier alpha value is -2.55. The highest BCUT2D eigenvalue weighted by molar-refractivity contribution is 5.94. The third kappa shape index (κ3) is 13.3. The molecule has 3 aromatic carbocycles. The molecule has 0 spiro atoms. The fraction of sp³-hybridized carbons (Fsp3) is 0.441. The Bertz CT molecular complexity index is 1260. The van der Waals surface area contributed by atoms with Crippen molar-refractivity contribution in [2.45, 2.75) is 78.1 Å². The van der Waals surface area contributed by atoms with E-state index in [-0.39, 0.29) is 43.7 Å². The van der Waals surface area contributed by atoms with Gasteiger partial charge in [-0.1, -0.05) is 62.6 Å². The van der Waals surface area contributed by atoms with Gasteiger partial charge in [0.2, 0.25) is 0 Å². The number of aliphatic hydroxyl groups excluding tert-OH is 1. The smallest absolute Gasteiger partial charge is 0.251 e. The van der Waals surface area contributed by atoms with Crippen LogP contribution in [0.3, 0.4) is 0 Å². The minimum absolute atomic E-state index is 0. The van der Waals surface area contributed by atoms with Crippen LogP contribution in [-0.2, 0) is 25.9 Å². The summed E-state index contributed by atoms with van der Waals surface area (Å²) in [4.78, 5) is 15.7. The van der Waals surface area contributed by atoms with Crippen molar-refractivity contribution in [2.24, 2.45) is 0 Å². The van der Waals surface area contributed by atoms with Crippen molar-refractivity contribution in [3.63, 3.8) is 0 Å². The highest BCUT2D eigenvalue weighted by atomic mass is 35.5. The number of aliphatic hydroxyl groups is 1. The molecule has 5 nitrogen and oxygen atoms in total. The number of rotatable bonds is 16. The van der Waals surface area contributed by atoms with E-state index in [9.17, 15) is 18.7 Å². The van der Waals surface area contributed by atoms with Crippen LogP contribution in [0.2, 0.25) is 0 Å². The lowest BCUT2D eigenvalue weighted by Gasteiger charge is -2.25. The van der Waals surface area contributed by atoms with Gasteiger partial charge in [0.15, 0.2) is 0 Å². The van der Waals surface area contributed by atoms with Crippen molar-refractivity contribution in [3.8, 4) is 0 Å². The summed E-state index contributed by atoms with van der Waals surface area (Å²) in [6, 6.07) is 16.5. The number of nitrogens with zero attached hydrogens (tertiary/aromatic N) is 1. The zero-order valence-corrected chi connectivity index (χ0v) is 27.3. The molecular weight excluding hydrogens is 591 g/mol. The van der Waals surface area contributed by atoms with E-state index in [1.54, 1.807) is 0 Å². The van der Waals surface area contributed by atoms with Crippen molar-refractivity contribution in [1.29, 1.82) is 0 Å². The monoisotopic (exact) mass is 637 g/mol. The highest BCUT2D eigenvalue weighted by Crippen LogP contribution is 2.16. The summed E-state index contributed by atoms with van der Waals surface area (Å²) < 4.78 is 27.9. The van der Waals surface area contributed by atoms with Gasteiger partial charge < -0.3 is 20.6 Å². The SMILES string of the molecule is CCCCCN(C)Cc1cc(C)cc(C(=O)N[C@@H](Cc2cc(F)cc(F)c2)[C@@H](O)CNCc2cccc(CC)c2)c1.Cl.Cl. The molecule has 3 aromatic rings. The summed E-state index contributed by atoms with van der Waals surface area (Å²) in [6.07, 6.45) is 3.50. The molecule has 0 aliphatic carbocycles. The molecule has 43 heavy (non-hydrogen) atoms. The average Bonchev–Trinajstić information content (AvgIpc) is 2.92. The van der Waals surface area contributed by atoms with E-state index in [0.717, 1.165) is 48.7 Å². The van der Waals surface area contributed by atoms with Gasteiger partial charge in [-0.3, -0.25) is 4.79 Å². The number of aryl methyl sites for hydroxylation is 2. The first-order valence-corrected chi connectivity index (χ1v) is 14.7. The fourth-order valence-electron chi connectivity index (χ4n) is 5.09. The number of nitrogens with one attached hydrogen (secondary N) is 2. The van der Waals surface area contributed by atoms with Gasteiger partial charge in [0.1, 0.15) is 11.6 Å². The average molecular weight is 639 g/mol. The zero-order valence-electron chi connectivity index (χ0n) is 25.7. The molecule has 0 radical (unpaired) electrons. The van der Waals surface area contributed by atoms with Crippen LogP contribution in [0.25, 0.3) is 0 Å². The summed E-state index contributed by atoms with van der Waals surface area (Å²) >= 11 is 0. The lowest BCUT2D eigenvalue weighted by Crippen LogP contribution is -2.48. The molecular formula is C34H47Cl2F2N3O2. The molecule has 0 aromatic heterocycles. The Morgan fingerprint density at radius 3 is 2.28 bits per heavy atom. The van der Waals surface area contributed by atoms with Gasteiger partial charge in [-0.15, -0.1) is 24.8 Å². The predicted octanol–water partition coefficient (Wildman–Crippen LogP) is 6.79. The summed E-state index contributed by atoms with van der Waals surface area (Å²) in [6.45, 7) is 8.69. The van der Waals surface area contributed by atoms with Gasteiger partial charge >= 0.3 is 0 Å². The normalized spacial score (nSPS) is 12.3. The van der Waals surface area contributed by atoms with E-state index >= 15 is 0 Å². The molecule has 0 bridgehead atoms. The minimum Gasteiger partial charge on any atom is -0.390 e. The standard InChI is InChI=1S/C34H45F2N3O2.2ClH/c1-5-7-8-12-39(4)23-28-13-24(3)14-29(16-28)34(41)38-32(19-27-17-30(35)20-31(36)18-27)33(40)22-37-21-26-11-9-10-25(6-2)15-26;;/h9-11,13-18,20,32-33,37,40H,5-8,12,19,21-23H2,1-4H3,(H,38,41);2*1H/t32-,33-;;/m0../s1. The Balaban J connectivity index is 0.00000462. The van der Waals surface area contributed by atoms with Gasteiger partial charge in [0.05, 0.1) is 12.1 Å². The number of benzene rings is 3. The van der Waals surface area contributed by atoms with Gasteiger partial charge in [-0.25, -0.2) is 8.78 Å². The summed E-state index contributed by atoms with van der Waals surface area (Å²) in [5.41, 5.74) is 5.18. The Labute approximate surface area is 268 Å². The number of halogens is 4. The lowest BCUT2D eigenvalue weighted by molar-refractivity contribution is 0.0829. The van der Waals surface area contributed by atoms with Gasteiger partial charge in [-0.2, -0.15) is 0 Å². The number of carbonyl (C=O) groups is 1. The van der Waals surface area contributed by atoms with Gasteiger partial charge in [0.25, 0.3) is 5.91 Å². The van der Waals surface area contributed by atoms with Gasteiger partial charge in [-0.05, 0) is 86.3 Å². The number of carbonyl (C=O) groups excluding carboxylic acids is 1. The number of unbranched alkanes of at least 4 members (excludes halogenated alkanes) is 2. The van der Waals surface area contributed by atoms with E-state index in [2.05, 4.69) is 54.6 Å². The second-order valence-corrected chi connectivity index (χ2v) is 11.1. The maximum atomic E-state index is 13.9. The molecule has 0 heterocycles. The van der Waals surface area contributed by atoms with Gasteiger partial charge in [0, 0.05) is 31.3 Å². The van der Waals surface area contributed by atoms with Crippen molar-refractivity contribution >= 4 is 30.7 Å². The molecule has 3 rings (SSSR count). The first-order valence-electron chi connectivity index (χ1n) is 14.7. The second kappa shape index (κ2) is 19.7. The van der Waals surface area contributed by atoms with E-state index in [0.29, 0.717) is 17.7 Å². The largest absolute Gasteiger partial charge is 0.390 e. The van der Waals surface area contributed by atoms with Crippen LogP contribution >= 0.6 is 24.8 Å². The Kier molecular flexibility index (Phi) is 17.6.